The Hall–Kier alpha value is 0.0700. The van der Waals surface area contributed by atoms with E-state index in [1.807, 2.05) is 0 Å². The fourth-order valence-corrected chi connectivity index (χ4v) is 2.20. The third-order valence-electron chi connectivity index (χ3n) is 2.79. The molecule has 1 aliphatic heterocycles. The molecule has 0 atom stereocenters. The third-order valence-corrected chi connectivity index (χ3v) is 3.31. The summed E-state index contributed by atoms with van der Waals surface area (Å²) in [5, 5.41) is 0. The van der Waals surface area contributed by atoms with Crippen molar-refractivity contribution >= 4 is 7.82 Å². The Balaban J connectivity index is 2.25. The molecule has 1 aliphatic rings. The van der Waals surface area contributed by atoms with E-state index >= 15 is 0 Å². The Morgan fingerprint density at radius 2 is 1.86 bits per heavy atom. The van der Waals surface area contributed by atoms with Gasteiger partial charge in [0.25, 0.3) is 0 Å². The SMILES string of the molecule is C[N+]1(CCOP(=O)(O)O)CCCCC1. The highest BCUT2D eigenvalue weighted by Gasteiger charge is 2.25. The highest BCUT2D eigenvalue weighted by molar-refractivity contribution is 7.46. The van der Waals surface area contributed by atoms with Crippen LogP contribution in [0.2, 0.25) is 0 Å². The van der Waals surface area contributed by atoms with E-state index < -0.39 is 7.82 Å². The molecule has 0 aromatic heterocycles. The van der Waals surface area contributed by atoms with Crippen LogP contribution in [0.4, 0.5) is 0 Å². The van der Waals surface area contributed by atoms with E-state index in [0.717, 1.165) is 17.6 Å². The number of phosphoric ester groups is 1. The Bertz CT molecular complexity index is 221. The largest absolute Gasteiger partial charge is 0.469 e. The summed E-state index contributed by atoms with van der Waals surface area (Å²) in [6, 6.07) is 0. The van der Waals surface area contributed by atoms with Crippen molar-refractivity contribution in [3.05, 3.63) is 0 Å². The van der Waals surface area contributed by atoms with Crippen molar-refractivity contribution < 1.29 is 23.4 Å². The van der Waals surface area contributed by atoms with Crippen LogP contribution >= 0.6 is 7.82 Å². The number of quaternary nitrogens is 1. The first-order chi connectivity index (χ1) is 6.41. The number of hydrogen-bond acceptors (Lipinski definition) is 2. The second-order valence-corrected chi connectivity index (χ2v) is 5.41. The molecule has 0 bridgehead atoms. The Labute approximate surface area is 84.5 Å². The molecule has 0 aliphatic carbocycles. The van der Waals surface area contributed by atoms with E-state index in [4.69, 9.17) is 9.79 Å². The average molecular weight is 224 g/mol. The quantitative estimate of drug-likeness (QED) is 0.545. The number of hydrogen-bond donors (Lipinski definition) is 2. The molecule has 14 heavy (non-hydrogen) atoms. The fraction of sp³-hybridized carbons (Fsp3) is 1.00. The maximum atomic E-state index is 10.4. The van der Waals surface area contributed by atoms with Gasteiger partial charge >= 0.3 is 7.82 Å². The lowest BCUT2D eigenvalue weighted by atomic mass is 10.1. The van der Waals surface area contributed by atoms with Crippen molar-refractivity contribution in [2.75, 3.05) is 33.3 Å². The summed E-state index contributed by atoms with van der Waals surface area (Å²) in [6.45, 7) is 3.00. The normalized spacial score (nSPS) is 22.2. The van der Waals surface area contributed by atoms with Gasteiger partial charge in [-0.1, -0.05) is 0 Å². The molecule has 5 nitrogen and oxygen atoms in total. The summed E-state index contributed by atoms with van der Waals surface area (Å²) in [6.07, 6.45) is 3.67. The Kier molecular flexibility index (Phi) is 4.10. The minimum Gasteiger partial charge on any atom is -0.324 e. The third kappa shape index (κ3) is 4.53. The predicted octanol–water partition coefficient (Wildman–Crippen LogP) is 0.726. The van der Waals surface area contributed by atoms with Crippen LogP contribution in [0.1, 0.15) is 19.3 Å². The van der Waals surface area contributed by atoms with Gasteiger partial charge in [-0.15, -0.1) is 0 Å². The van der Waals surface area contributed by atoms with E-state index in [1.54, 1.807) is 0 Å². The number of likely N-dealkylation sites (tertiary alicyclic amines) is 1. The summed E-state index contributed by atoms with van der Waals surface area (Å²) >= 11 is 0. The van der Waals surface area contributed by atoms with Crippen LogP contribution in [0.15, 0.2) is 0 Å². The molecule has 0 saturated carbocycles. The molecule has 0 radical (unpaired) electrons. The van der Waals surface area contributed by atoms with Crippen LogP contribution in [0.3, 0.4) is 0 Å². The van der Waals surface area contributed by atoms with E-state index in [-0.39, 0.29) is 6.61 Å². The summed E-state index contributed by atoms with van der Waals surface area (Å²) in [4.78, 5) is 17.0. The first-order valence-electron chi connectivity index (χ1n) is 4.95. The Morgan fingerprint density at radius 1 is 1.29 bits per heavy atom. The van der Waals surface area contributed by atoms with Gasteiger partial charge in [0, 0.05) is 0 Å². The number of nitrogens with zero attached hydrogens (tertiary/aromatic N) is 1. The van der Waals surface area contributed by atoms with Crippen molar-refractivity contribution in [2.24, 2.45) is 0 Å². The lowest BCUT2D eigenvalue weighted by Crippen LogP contribution is -2.49. The number of phosphoric acid groups is 1. The summed E-state index contributed by atoms with van der Waals surface area (Å²) in [5.41, 5.74) is 0. The van der Waals surface area contributed by atoms with Gasteiger partial charge in [-0.05, 0) is 19.3 Å². The molecule has 1 heterocycles. The van der Waals surface area contributed by atoms with Crippen molar-refractivity contribution in [3.8, 4) is 0 Å². The molecule has 0 spiro atoms. The molecule has 6 heteroatoms. The fourth-order valence-electron chi connectivity index (χ4n) is 1.88. The summed E-state index contributed by atoms with van der Waals surface area (Å²) < 4.78 is 15.8. The molecule has 1 saturated heterocycles. The zero-order chi connectivity index (χ0) is 10.7. The minimum atomic E-state index is -4.27. The van der Waals surface area contributed by atoms with Gasteiger partial charge < -0.3 is 14.3 Å². The predicted molar refractivity (Wildman–Crippen MR) is 52.6 cm³/mol. The van der Waals surface area contributed by atoms with Crippen molar-refractivity contribution in [1.29, 1.82) is 0 Å². The van der Waals surface area contributed by atoms with Crippen LogP contribution in [-0.4, -0.2) is 47.6 Å². The van der Waals surface area contributed by atoms with Gasteiger partial charge in [-0.2, -0.15) is 0 Å². The van der Waals surface area contributed by atoms with E-state index in [0.29, 0.717) is 6.54 Å². The second kappa shape index (κ2) is 4.73. The number of piperidine rings is 1. The summed E-state index contributed by atoms with van der Waals surface area (Å²) in [7, 11) is -2.16. The number of likely N-dealkylation sites (N-methyl/N-ethyl adjacent to an activating group) is 1. The van der Waals surface area contributed by atoms with Gasteiger partial charge in [0.2, 0.25) is 0 Å². The van der Waals surface area contributed by atoms with E-state index in [9.17, 15) is 4.57 Å². The molecule has 84 valence electrons. The van der Waals surface area contributed by atoms with Gasteiger partial charge in [-0.3, -0.25) is 4.52 Å². The maximum Gasteiger partial charge on any atom is 0.469 e. The molecule has 0 aromatic rings. The van der Waals surface area contributed by atoms with Crippen LogP contribution in [-0.2, 0) is 9.09 Å². The molecule has 0 amide bonds. The highest BCUT2D eigenvalue weighted by atomic mass is 31.2. The highest BCUT2D eigenvalue weighted by Crippen LogP contribution is 2.35. The lowest BCUT2D eigenvalue weighted by molar-refractivity contribution is -0.914. The molecule has 0 aromatic carbocycles. The van der Waals surface area contributed by atoms with E-state index in [2.05, 4.69) is 11.6 Å². The molecular weight excluding hydrogens is 205 g/mol. The smallest absolute Gasteiger partial charge is 0.324 e. The first kappa shape index (κ1) is 12.1. The van der Waals surface area contributed by atoms with Gasteiger partial charge in [0.15, 0.2) is 0 Å². The summed E-state index contributed by atoms with van der Waals surface area (Å²) in [5.74, 6) is 0. The second-order valence-electron chi connectivity index (χ2n) is 4.17. The molecule has 2 N–H and O–H groups in total. The average Bonchev–Trinajstić information content (AvgIpc) is 2.02. The van der Waals surface area contributed by atoms with Crippen LogP contribution in [0, 0.1) is 0 Å². The molecule has 1 rings (SSSR count). The monoisotopic (exact) mass is 224 g/mol. The van der Waals surface area contributed by atoms with E-state index in [1.165, 1.54) is 19.3 Å². The first-order valence-corrected chi connectivity index (χ1v) is 6.48. The van der Waals surface area contributed by atoms with Gasteiger partial charge in [0.1, 0.15) is 13.2 Å². The van der Waals surface area contributed by atoms with Crippen LogP contribution in [0.25, 0.3) is 0 Å². The van der Waals surface area contributed by atoms with Crippen LogP contribution in [0.5, 0.6) is 0 Å². The standard InChI is InChI=1S/C8H18NO4P/c1-9(5-3-2-4-6-9)7-8-13-14(10,11)12/h2-8H2,1H3,(H-,10,11,12)/p+1. The van der Waals surface area contributed by atoms with Crippen molar-refractivity contribution in [1.82, 2.24) is 0 Å². The van der Waals surface area contributed by atoms with Crippen LogP contribution < -0.4 is 0 Å². The molecule has 1 fully saturated rings. The number of rotatable bonds is 4. The maximum absolute atomic E-state index is 10.4. The van der Waals surface area contributed by atoms with Gasteiger partial charge in [-0.25, -0.2) is 4.57 Å². The zero-order valence-electron chi connectivity index (χ0n) is 8.56. The minimum absolute atomic E-state index is 0.140. The van der Waals surface area contributed by atoms with Gasteiger partial charge in [0.05, 0.1) is 20.1 Å². The molecule has 0 unspecified atom stereocenters. The zero-order valence-corrected chi connectivity index (χ0v) is 9.45. The Morgan fingerprint density at radius 3 is 2.36 bits per heavy atom. The topological polar surface area (TPSA) is 66.8 Å². The van der Waals surface area contributed by atoms with Crippen molar-refractivity contribution in [2.45, 2.75) is 19.3 Å². The van der Waals surface area contributed by atoms with Crippen molar-refractivity contribution in [3.63, 3.8) is 0 Å². The molecular formula is C8H19NO4P+. The lowest BCUT2D eigenvalue weighted by Gasteiger charge is -2.37.